The first-order chi connectivity index (χ1) is 10.1. The number of aromatic nitrogens is 3. The Morgan fingerprint density at radius 2 is 2.00 bits per heavy atom. The van der Waals surface area contributed by atoms with Crippen LogP contribution >= 0.6 is 0 Å². The number of hydrogen-bond acceptors (Lipinski definition) is 3. The van der Waals surface area contributed by atoms with Gasteiger partial charge in [-0.3, -0.25) is 9.67 Å². The van der Waals surface area contributed by atoms with Crippen LogP contribution in [0.2, 0.25) is 0 Å². The topological polar surface area (TPSA) is 56.7 Å². The van der Waals surface area contributed by atoms with Gasteiger partial charge in [0.25, 0.3) is 0 Å². The predicted molar refractivity (Wildman–Crippen MR) is 81.0 cm³/mol. The van der Waals surface area contributed by atoms with Gasteiger partial charge in [0.2, 0.25) is 0 Å². The highest BCUT2D eigenvalue weighted by molar-refractivity contribution is 5.88. The second-order valence-electron chi connectivity index (χ2n) is 4.91. The molecule has 0 spiro atoms. The van der Waals surface area contributed by atoms with Crippen molar-refractivity contribution < 1.29 is 4.39 Å². The lowest BCUT2D eigenvalue weighted by Gasteiger charge is -2.06. The van der Waals surface area contributed by atoms with Crippen LogP contribution < -0.4 is 5.73 Å². The third-order valence-electron chi connectivity index (χ3n) is 3.49. The lowest BCUT2D eigenvalue weighted by molar-refractivity contribution is 0.621. The van der Waals surface area contributed by atoms with Crippen LogP contribution in [0.4, 0.5) is 10.2 Å². The van der Waals surface area contributed by atoms with Crippen molar-refractivity contribution in [2.45, 2.75) is 6.92 Å². The fourth-order valence-corrected chi connectivity index (χ4v) is 2.35. The van der Waals surface area contributed by atoms with Gasteiger partial charge in [-0.15, -0.1) is 0 Å². The number of halogens is 1. The lowest BCUT2D eigenvalue weighted by atomic mass is 10.0. The number of nitrogens with zero attached hydrogens (tertiary/aromatic N) is 3. The Bertz CT molecular complexity index is 794. The van der Waals surface area contributed by atoms with Crippen LogP contribution in [0, 0.1) is 12.7 Å². The van der Waals surface area contributed by atoms with E-state index in [4.69, 9.17) is 5.73 Å². The SMILES string of the molecule is Cc1cccc(-c2nn(C)c(N)c2-c2cccnc2)c1F. The van der Waals surface area contributed by atoms with Crippen molar-refractivity contribution in [1.82, 2.24) is 14.8 Å². The molecule has 0 amide bonds. The van der Waals surface area contributed by atoms with Gasteiger partial charge in [-0.25, -0.2) is 4.39 Å². The molecule has 0 saturated heterocycles. The number of nitrogen functional groups attached to an aromatic ring is 1. The summed E-state index contributed by atoms with van der Waals surface area (Å²) in [7, 11) is 1.74. The van der Waals surface area contributed by atoms with Crippen LogP contribution in [0.15, 0.2) is 42.7 Å². The van der Waals surface area contributed by atoms with Crippen molar-refractivity contribution in [2.75, 3.05) is 5.73 Å². The van der Waals surface area contributed by atoms with E-state index in [1.807, 2.05) is 18.2 Å². The van der Waals surface area contributed by atoms with Crippen LogP contribution in [-0.4, -0.2) is 14.8 Å². The Balaban J connectivity index is 2.30. The molecule has 5 heteroatoms. The van der Waals surface area contributed by atoms with Crippen LogP contribution in [-0.2, 0) is 7.05 Å². The minimum Gasteiger partial charge on any atom is -0.383 e. The molecule has 4 nitrogen and oxygen atoms in total. The maximum absolute atomic E-state index is 14.4. The van der Waals surface area contributed by atoms with Gasteiger partial charge in [-0.05, 0) is 24.6 Å². The summed E-state index contributed by atoms with van der Waals surface area (Å²) in [6.45, 7) is 1.73. The van der Waals surface area contributed by atoms with Gasteiger partial charge in [0, 0.05) is 30.6 Å². The molecule has 1 aromatic carbocycles. The normalized spacial score (nSPS) is 10.8. The molecule has 0 atom stereocenters. The second-order valence-corrected chi connectivity index (χ2v) is 4.91. The van der Waals surface area contributed by atoms with E-state index in [1.54, 1.807) is 43.2 Å². The number of anilines is 1. The number of rotatable bonds is 2. The third-order valence-corrected chi connectivity index (χ3v) is 3.49. The molecule has 3 rings (SSSR count). The summed E-state index contributed by atoms with van der Waals surface area (Å²) in [6, 6.07) is 8.96. The number of nitrogens with two attached hydrogens (primary N) is 1. The summed E-state index contributed by atoms with van der Waals surface area (Å²) in [5.74, 6) is 0.208. The van der Waals surface area contributed by atoms with Crippen molar-refractivity contribution in [2.24, 2.45) is 7.05 Å². The van der Waals surface area contributed by atoms with E-state index in [-0.39, 0.29) is 5.82 Å². The summed E-state index contributed by atoms with van der Waals surface area (Å²) in [5.41, 5.74) is 9.19. The smallest absolute Gasteiger partial charge is 0.135 e. The molecule has 0 saturated carbocycles. The average molecular weight is 282 g/mol. The fourth-order valence-electron chi connectivity index (χ4n) is 2.35. The maximum atomic E-state index is 14.4. The molecule has 3 aromatic rings. The standard InChI is InChI=1S/C16H15FN4/c1-10-5-3-7-12(14(10)17)15-13(16(18)21(2)20-15)11-6-4-8-19-9-11/h3-9H,18H2,1-2H3. The van der Waals surface area contributed by atoms with E-state index in [9.17, 15) is 4.39 Å². The van der Waals surface area contributed by atoms with E-state index < -0.39 is 0 Å². The van der Waals surface area contributed by atoms with Crippen LogP contribution in [0.3, 0.4) is 0 Å². The van der Waals surface area contributed by atoms with Gasteiger partial charge in [0.15, 0.2) is 0 Å². The van der Waals surface area contributed by atoms with Gasteiger partial charge in [-0.2, -0.15) is 5.10 Å². The monoisotopic (exact) mass is 282 g/mol. The van der Waals surface area contributed by atoms with Crippen LogP contribution in [0.25, 0.3) is 22.4 Å². The van der Waals surface area contributed by atoms with E-state index >= 15 is 0 Å². The maximum Gasteiger partial charge on any atom is 0.135 e. The molecule has 106 valence electrons. The Morgan fingerprint density at radius 3 is 2.71 bits per heavy atom. The number of benzene rings is 1. The minimum atomic E-state index is -0.277. The molecular weight excluding hydrogens is 267 g/mol. The Hall–Kier alpha value is -2.69. The molecular formula is C16H15FN4. The molecule has 2 aromatic heterocycles. The highest BCUT2D eigenvalue weighted by atomic mass is 19.1. The Kier molecular flexibility index (Phi) is 3.17. The largest absolute Gasteiger partial charge is 0.383 e. The van der Waals surface area contributed by atoms with Gasteiger partial charge in [0.1, 0.15) is 17.3 Å². The zero-order valence-electron chi connectivity index (χ0n) is 11.8. The van der Waals surface area contributed by atoms with Gasteiger partial charge in [-0.1, -0.05) is 18.2 Å². The van der Waals surface area contributed by atoms with E-state index in [1.165, 1.54) is 0 Å². The van der Waals surface area contributed by atoms with E-state index in [2.05, 4.69) is 10.1 Å². The Morgan fingerprint density at radius 1 is 1.19 bits per heavy atom. The highest BCUT2D eigenvalue weighted by Gasteiger charge is 2.20. The zero-order chi connectivity index (χ0) is 15.0. The number of pyridine rings is 1. The predicted octanol–water partition coefficient (Wildman–Crippen LogP) is 3.18. The number of hydrogen-bond donors (Lipinski definition) is 1. The van der Waals surface area contributed by atoms with E-state index in [0.29, 0.717) is 28.2 Å². The quantitative estimate of drug-likeness (QED) is 0.785. The summed E-state index contributed by atoms with van der Waals surface area (Å²) < 4.78 is 16.0. The molecule has 2 N–H and O–H groups in total. The molecule has 0 aliphatic heterocycles. The first kappa shape index (κ1) is 13.3. The highest BCUT2D eigenvalue weighted by Crippen LogP contribution is 2.36. The molecule has 2 heterocycles. The van der Waals surface area contributed by atoms with Crippen molar-refractivity contribution in [3.63, 3.8) is 0 Å². The van der Waals surface area contributed by atoms with Crippen molar-refractivity contribution in [3.8, 4) is 22.4 Å². The van der Waals surface area contributed by atoms with Gasteiger partial charge in [0.05, 0.1) is 5.56 Å². The summed E-state index contributed by atoms with van der Waals surface area (Å²) in [6.07, 6.45) is 3.38. The summed E-state index contributed by atoms with van der Waals surface area (Å²) in [5, 5.41) is 4.38. The average Bonchev–Trinajstić information content (AvgIpc) is 2.78. The van der Waals surface area contributed by atoms with Crippen molar-refractivity contribution in [3.05, 3.63) is 54.1 Å². The first-order valence-corrected chi connectivity index (χ1v) is 6.58. The van der Waals surface area contributed by atoms with Crippen molar-refractivity contribution >= 4 is 5.82 Å². The number of aryl methyl sites for hydroxylation is 2. The van der Waals surface area contributed by atoms with Gasteiger partial charge < -0.3 is 5.73 Å². The molecule has 0 aliphatic carbocycles. The first-order valence-electron chi connectivity index (χ1n) is 6.58. The summed E-state index contributed by atoms with van der Waals surface area (Å²) in [4.78, 5) is 4.10. The summed E-state index contributed by atoms with van der Waals surface area (Å²) >= 11 is 0. The van der Waals surface area contributed by atoms with Gasteiger partial charge >= 0.3 is 0 Å². The minimum absolute atomic E-state index is 0.277. The van der Waals surface area contributed by atoms with Crippen LogP contribution in [0.5, 0.6) is 0 Å². The van der Waals surface area contributed by atoms with Crippen molar-refractivity contribution in [1.29, 1.82) is 0 Å². The molecule has 0 fully saturated rings. The molecule has 0 unspecified atom stereocenters. The fraction of sp³-hybridized carbons (Fsp3) is 0.125. The lowest BCUT2D eigenvalue weighted by Crippen LogP contribution is -1.98. The third kappa shape index (κ3) is 2.16. The molecule has 21 heavy (non-hydrogen) atoms. The van der Waals surface area contributed by atoms with E-state index in [0.717, 1.165) is 5.56 Å². The second kappa shape index (κ2) is 5.01. The molecule has 0 bridgehead atoms. The Labute approximate surface area is 122 Å². The zero-order valence-corrected chi connectivity index (χ0v) is 11.8. The molecule has 0 radical (unpaired) electrons. The van der Waals surface area contributed by atoms with Crippen LogP contribution in [0.1, 0.15) is 5.56 Å². The molecule has 0 aliphatic rings.